The summed E-state index contributed by atoms with van der Waals surface area (Å²) in [4.78, 5) is 0. The van der Waals surface area contributed by atoms with E-state index in [-0.39, 0.29) is 18.6 Å². The van der Waals surface area contributed by atoms with Crippen molar-refractivity contribution in [2.75, 3.05) is 6.79 Å². The highest BCUT2D eigenvalue weighted by Gasteiger charge is 2.17. The summed E-state index contributed by atoms with van der Waals surface area (Å²) in [5.41, 5.74) is 3.28. The van der Waals surface area contributed by atoms with Gasteiger partial charge in [-0.2, -0.15) is 0 Å². The maximum Gasteiger partial charge on any atom is 0.231 e. The van der Waals surface area contributed by atoms with Gasteiger partial charge in [-0.3, -0.25) is 0 Å². The number of ether oxygens (including phenoxy) is 2. The number of phenolic OH excluding ortho intramolecular Hbond substituents is 1. The largest absolute Gasteiger partial charge is 0.507 e. The Labute approximate surface area is 124 Å². The van der Waals surface area contributed by atoms with Crippen LogP contribution in [0.3, 0.4) is 0 Å². The second-order valence-corrected chi connectivity index (χ2v) is 5.35. The third-order valence-electron chi connectivity index (χ3n) is 3.75. The van der Waals surface area contributed by atoms with Crippen LogP contribution in [0.15, 0.2) is 36.4 Å². The fourth-order valence-corrected chi connectivity index (χ4v) is 2.35. The first-order valence-corrected chi connectivity index (χ1v) is 7.05. The van der Waals surface area contributed by atoms with E-state index in [1.807, 2.05) is 6.07 Å². The van der Waals surface area contributed by atoms with Crippen molar-refractivity contribution in [3.8, 4) is 17.2 Å². The van der Waals surface area contributed by atoms with Gasteiger partial charge in [0.1, 0.15) is 5.75 Å². The lowest BCUT2D eigenvalue weighted by atomic mass is 10.1. The van der Waals surface area contributed by atoms with Crippen LogP contribution in [0.4, 0.5) is 0 Å². The summed E-state index contributed by atoms with van der Waals surface area (Å²) in [5.74, 6) is 1.51. The van der Waals surface area contributed by atoms with Gasteiger partial charge in [-0.05, 0) is 25.5 Å². The lowest BCUT2D eigenvalue weighted by Gasteiger charge is -2.15. The molecule has 4 heteroatoms. The summed E-state index contributed by atoms with van der Waals surface area (Å²) in [7, 11) is 0. The Bertz CT molecular complexity index is 637. The smallest absolute Gasteiger partial charge is 0.231 e. The van der Waals surface area contributed by atoms with Crippen LogP contribution in [0.5, 0.6) is 17.2 Å². The number of aryl methyl sites for hydroxylation is 1. The van der Waals surface area contributed by atoms with E-state index in [0.29, 0.717) is 18.0 Å². The van der Waals surface area contributed by atoms with Crippen molar-refractivity contribution in [1.82, 2.24) is 5.32 Å². The molecule has 2 aromatic carbocycles. The van der Waals surface area contributed by atoms with Crippen molar-refractivity contribution >= 4 is 0 Å². The number of benzene rings is 2. The van der Waals surface area contributed by atoms with Crippen LogP contribution in [0.1, 0.15) is 29.7 Å². The van der Waals surface area contributed by atoms with Gasteiger partial charge >= 0.3 is 0 Å². The first-order valence-electron chi connectivity index (χ1n) is 7.05. The molecule has 0 saturated heterocycles. The van der Waals surface area contributed by atoms with E-state index in [4.69, 9.17) is 9.47 Å². The summed E-state index contributed by atoms with van der Waals surface area (Å²) in [5, 5.41) is 13.4. The van der Waals surface area contributed by atoms with Gasteiger partial charge in [0.05, 0.1) is 0 Å². The lowest BCUT2D eigenvalue weighted by molar-refractivity contribution is 0.174. The molecular weight excluding hydrogens is 266 g/mol. The highest BCUT2D eigenvalue weighted by Crippen LogP contribution is 2.37. The Morgan fingerprint density at radius 2 is 1.81 bits per heavy atom. The average molecular weight is 285 g/mol. The van der Waals surface area contributed by atoms with Gasteiger partial charge in [0.2, 0.25) is 6.79 Å². The lowest BCUT2D eigenvalue weighted by Crippen LogP contribution is -2.18. The fraction of sp³-hybridized carbons (Fsp3) is 0.294. The van der Waals surface area contributed by atoms with E-state index >= 15 is 0 Å². The molecule has 0 bridgehead atoms. The standard InChI is InChI=1S/C17H19NO3/c1-11-3-5-13(6-4-11)12(2)18-9-14-7-16-17(8-15(14)19)21-10-20-16/h3-8,12,18-19H,9-10H2,1-2H3/t12-/m1/s1. The molecule has 1 atom stereocenters. The summed E-state index contributed by atoms with van der Waals surface area (Å²) < 4.78 is 10.6. The summed E-state index contributed by atoms with van der Waals surface area (Å²) in [6, 6.07) is 12.1. The fourth-order valence-electron chi connectivity index (χ4n) is 2.35. The Hall–Kier alpha value is -2.20. The van der Waals surface area contributed by atoms with Crippen molar-refractivity contribution in [3.63, 3.8) is 0 Å². The molecule has 0 amide bonds. The molecule has 0 aliphatic carbocycles. The van der Waals surface area contributed by atoms with Crippen LogP contribution < -0.4 is 14.8 Å². The zero-order valence-electron chi connectivity index (χ0n) is 12.2. The molecule has 0 spiro atoms. The molecule has 1 heterocycles. The highest BCUT2D eigenvalue weighted by atomic mass is 16.7. The van der Waals surface area contributed by atoms with E-state index in [1.165, 1.54) is 11.1 Å². The molecule has 2 N–H and O–H groups in total. The molecule has 3 rings (SSSR count). The van der Waals surface area contributed by atoms with Gasteiger partial charge in [0.15, 0.2) is 11.5 Å². The molecule has 2 aromatic rings. The molecule has 1 aliphatic heterocycles. The number of rotatable bonds is 4. The first kappa shape index (κ1) is 13.8. The highest BCUT2D eigenvalue weighted by molar-refractivity contribution is 5.51. The maximum atomic E-state index is 10.0. The van der Waals surface area contributed by atoms with Crippen molar-refractivity contribution in [2.45, 2.75) is 26.4 Å². The van der Waals surface area contributed by atoms with Gasteiger partial charge in [-0.1, -0.05) is 29.8 Å². The Morgan fingerprint density at radius 1 is 1.14 bits per heavy atom. The summed E-state index contributed by atoms with van der Waals surface area (Å²) in [6.07, 6.45) is 0. The molecule has 1 aliphatic rings. The van der Waals surface area contributed by atoms with Crippen LogP contribution in [0.2, 0.25) is 0 Å². The van der Waals surface area contributed by atoms with Crippen molar-refractivity contribution in [3.05, 3.63) is 53.1 Å². The second kappa shape index (κ2) is 5.66. The van der Waals surface area contributed by atoms with Crippen molar-refractivity contribution in [1.29, 1.82) is 0 Å². The predicted octanol–water partition coefficient (Wildman–Crippen LogP) is 3.28. The third kappa shape index (κ3) is 2.95. The van der Waals surface area contributed by atoms with E-state index in [2.05, 4.69) is 43.4 Å². The van der Waals surface area contributed by atoms with Gasteiger partial charge in [-0.25, -0.2) is 0 Å². The average Bonchev–Trinajstić information content (AvgIpc) is 2.92. The monoisotopic (exact) mass is 285 g/mol. The second-order valence-electron chi connectivity index (χ2n) is 5.35. The topological polar surface area (TPSA) is 50.7 Å². The van der Waals surface area contributed by atoms with Crippen LogP contribution in [0, 0.1) is 6.92 Å². The minimum atomic E-state index is 0.204. The van der Waals surface area contributed by atoms with Crippen molar-refractivity contribution in [2.24, 2.45) is 0 Å². The zero-order chi connectivity index (χ0) is 14.8. The quantitative estimate of drug-likeness (QED) is 0.905. The van der Waals surface area contributed by atoms with E-state index < -0.39 is 0 Å². The van der Waals surface area contributed by atoms with Gasteiger partial charge in [0.25, 0.3) is 0 Å². The van der Waals surface area contributed by atoms with E-state index in [0.717, 1.165) is 5.56 Å². The van der Waals surface area contributed by atoms with Gasteiger partial charge < -0.3 is 19.9 Å². The predicted molar refractivity (Wildman–Crippen MR) is 80.7 cm³/mol. The van der Waals surface area contributed by atoms with E-state index in [1.54, 1.807) is 6.07 Å². The molecule has 21 heavy (non-hydrogen) atoms. The van der Waals surface area contributed by atoms with Crippen LogP contribution in [-0.2, 0) is 6.54 Å². The molecule has 0 aromatic heterocycles. The molecule has 0 unspecified atom stereocenters. The minimum absolute atomic E-state index is 0.204. The Morgan fingerprint density at radius 3 is 2.52 bits per heavy atom. The van der Waals surface area contributed by atoms with Crippen molar-refractivity contribution < 1.29 is 14.6 Å². The first-order chi connectivity index (χ1) is 10.1. The molecule has 110 valence electrons. The number of aromatic hydroxyl groups is 1. The number of fused-ring (bicyclic) bond motifs is 1. The number of hydrogen-bond acceptors (Lipinski definition) is 4. The molecule has 0 radical (unpaired) electrons. The van der Waals surface area contributed by atoms with Gasteiger partial charge in [0, 0.05) is 24.2 Å². The SMILES string of the molecule is Cc1ccc([C@@H](C)NCc2cc3c(cc2O)OCO3)cc1. The van der Waals surface area contributed by atoms with Crippen LogP contribution in [-0.4, -0.2) is 11.9 Å². The molecule has 4 nitrogen and oxygen atoms in total. The third-order valence-corrected chi connectivity index (χ3v) is 3.75. The molecule has 0 fully saturated rings. The zero-order valence-corrected chi connectivity index (χ0v) is 12.2. The summed E-state index contributed by atoms with van der Waals surface area (Å²) in [6.45, 7) is 4.96. The maximum absolute atomic E-state index is 10.0. The molecule has 0 saturated carbocycles. The summed E-state index contributed by atoms with van der Waals surface area (Å²) >= 11 is 0. The van der Waals surface area contributed by atoms with Crippen LogP contribution >= 0.6 is 0 Å². The van der Waals surface area contributed by atoms with E-state index in [9.17, 15) is 5.11 Å². The van der Waals surface area contributed by atoms with Gasteiger partial charge in [-0.15, -0.1) is 0 Å². The molecular formula is C17H19NO3. The minimum Gasteiger partial charge on any atom is -0.507 e. The normalized spacial score (nSPS) is 14.2. The number of hydrogen-bond donors (Lipinski definition) is 2. The number of nitrogens with one attached hydrogen (secondary N) is 1. The number of phenols is 1. The Balaban J connectivity index is 1.68. The van der Waals surface area contributed by atoms with Crippen LogP contribution in [0.25, 0.3) is 0 Å². The Kier molecular flexibility index (Phi) is 3.71.